The van der Waals surface area contributed by atoms with Crippen molar-refractivity contribution in [2.45, 2.75) is 45.2 Å². The van der Waals surface area contributed by atoms with Crippen LogP contribution in [0.2, 0.25) is 0 Å². The summed E-state index contributed by atoms with van der Waals surface area (Å²) in [5, 5.41) is 13.2. The van der Waals surface area contributed by atoms with Crippen molar-refractivity contribution in [1.82, 2.24) is 14.1 Å². The van der Waals surface area contributed by atoms with Crippen LogP contribution >= 0.6 is 0 Å². The van der Waals surface area contributed by atoms with E-state index in [4.69, 9.17) is 9.84 Å². The molecule has 0 atom stereocenters. The van der Waals surface area contributed by atoms with Gasteiger partial charge in [-0.1, -0.05) is 0 Å². The number of hydrogen-bond donors (Lipinski definition) is 1. The first-order valence-electron chi connectivity index (χ1n) is 6.94. The number of aryl methyl sites for hydroxylation is 1. The van der Waals surface area contributed by atoms with Crippen LogP contribution in [0.3, 0.4) is 0 Å². The first-order valence-corrected chi connectivity index (χ1v) is 8.38. The smallest absolute Gasteiger partial charge is 0.246 e. The summed E-state index contributed by atoms with van der Waals surface area (Å²) in [6.07, 6.45) is 0.0666. The van der Waals surface area contributed by atoms with Crippen molar-refractivity contribution >= 4 is 10.0 Å². The second kappa shape index (κ2) is 7.35. The second-order valence-electron chi connectivity index (χ2n) is 5.19. The van der Waals surface area contributed by atoms with Gasteiger partial charge in [-0.05, 0) is 27.7 Å². The molecule has 0 radical (unpaired) electrons. The van der Waals surface area contributed by atoms with Crippen LogP contribution in [0.1, 0.15) is 25.2 Å². The monoisotopic (exact) mass is 319 g/mol. The third-order valence-corrected chi connectivity index (χ3v) is 5.26. The minimum atomic E-state index is -3.61. The predicted octanol–water partition coefficient (Wildman–Crippen LogP) is 0.538. The molecule has 0 amide bonds. The summed E-state index contributed by atoms with van der Waals surface area (Å²) >= 11 is 0. The maximum atomic E-state index is 12.6. The van der Waals surface area contributed by atoms with Crippen LogP contribution in [0.15, 0.2) is 4.90 Å². The van der Waals surface area contributed by atoms with E-state index in [0.29, 0.717) is 18.0 Å². The van der Waals surface area contributed by atoms with Gasteiger partial charge in [0.05, 0.1) is 37.3 Å². The summed E-state index contributed by atoms with van der Waals surface area (Å²) in [6, 6.07) is 0. The normalized spacial score (nSPS) is 12.6. The number of sulfonamides is 1. The number of aromatic nitrogens is 2. The van der Waals surface area contributed by atoms with Crippen LogP contribution in [-0.2, 0) is 21.3 Å². The molecule has 1 N–H and O–H groups in total. The molecule has 0 fully saturated rings. The highest BCUT2D eigenvalue weighted by Gasteiger charge is 2.28. The average molecular weight is 319 g/mol. The van der Waals surface area contributed by atoms with Gasteiger partial charge in [-0.3, -0.25) is 4.68 Å². The molecule has 0 saturated carbocycles. The number of rotatable bonds is 8. The molecule has 0 aliphatic carbocycles. The molecule has 0 unspecified atom stereocenters. The lowest BCUT2D eigenvalue weighted by Gasteiger charge is -2.18. The molecular weight excluding hydrogens is 294 g/mol. The number of aliphatic hydroxyl groups is 1. The molecule has 1 rings (SSSR count). The molecule has 0 aliphatic rings. The first kappa shape index (κ1) is 18.1. The molecule has 1 aromatic rings. The highest BCUT2D eigenvalue weighted by molar-refractivity contribution is 7.89. The van der Waals surface area contributed by atoms with E-state index in [1.54, 1.807) is 13.8 Å². The van der Waals surface area contributed by atoms with Crippen LogP contribution in [-0.4, -0.2) is 60.5 Å². The fourth-order valence-electron chi connectivity index (χ4n) is 2.06. The van der Waals surface area contributed by atoms with Gasteiger partial charge >= 0.3 is 0 Å². The van der Waals surface area contributed by atoms with Crippen molar-refractivity contribution in [3.05, 3.63) is 11.4 Å². The van der Waals surface area contributed by atoms with Crippen molar-refractivity contribution < 1.29 is 18.3 Å². The zero-order chi connectivity index (χ0) is 16.2. The minimum absolute atomic E-state index is 0.0666. The number of hydrogen-bond acceptors (Lipinski definition) is 5. The molecule has 8 heteroatoms. The summed E-state index contributed by atoms with van der Waals surface area (Å²) in [6.45, 7) is 7.99. The molecule has 0 aromatic carbocycles. The summed E-state index contributed by atoms with van der Waals surface area (Å²) in [4.78, 5) is 0.211. The van der Waals surface area contributed by atoms with Gasteiger partial charge < -0.3 is 9.84 Å². The molecule has 1 heterocycles. The Balaban J connectivity index is 2.97. The van der Waals surface area contributed by atoms with Crippen LogP contribution < -0.4 is 0 Å². The van der Waals surface area contributed by atoms with Gasteiger partial charge in [0.15, 0.2) is 0 Å². The Morgan fingerprint density at radius 2 is 2.00 bits per heavy atom. The van der Waals surface area contributed by atoms with Crippen LogP contribution in [0.25, 0.3) is 0 Å². The third-order valence-electron chi connectivity index (χ3n) is 3.15. The Morgan fingerprint density at radius 1 is 1.38 bits per heavy atom. The molecule has 7 nitrogen and oxygen atoms in total. The van der Waals surface area contributed by atoms with Crippen molar-refractivity contribution in [3.8, 4) is 0 Å². The van der Waals surface area contributed by atoms with E-state index in [2.05, 4.69) is 5.10 Å². The number of aliphatic hydroxyl groups excluding tert-OH is 1. The number of ether oxygens (including phenoxy) is 1. The zero-order valence-corrected chi connectivity index (χ0v) is 14.1. The van der Waals surface area contributed by atoms with Crippen molar-refractivity contribution in [3.63, 3.8) is 0 Å². The van der Waals surface area contributed by atoms with Crippen molar-refractivity contribution in [2.24, 2.45) is 0 Å². The van der Waals surface area contributed by atoms with E-state index in [9.17, 15) is 8.42 Å². The standard InChI is InChI=1S/C13H25N3O4S/c1-10(2)20-9-7-15(5)21(18,19)13-11(3)14-16(6-8-17)12(13)4/h10,17H,6-9H2,1-5H3. The molecule has 0 spiro atoms. The van der Waals surface area contributed by atoms with E-state index in [-0.39, 0.29) is 30.7 Å². The first-order chi connectivity index (χ1) is 9.71. The van der Waals surface area contributed by atoms with E-state index >= 15 is 0 Å². The van der Waals surface area contributed by atoms with E-state index in [1.165, 1.54) is 16.0 Å². The third kappa shape index (κ3) is 4.26. The lowest BCUT2D eigenvalue weighted by molar-refractivity contribution is 0.0737. The predicted molar refractivity (Wildman–Crippen MR) is 79.7 cm³/mol. The fourth-order valence-corrected chi connectivity index (χ4v) is 3.58. The topological polar surface area (TPSA) is 84.7 Å². The molecule has 0 bridgehead atoms. The quantitative estimate of drug-likeness (QED) is 0.756. The Morgan fingerprint density at radius 3 is 2.52 bits per heavy atom. The molecule has 0 aliphatic heterocycles. The Hall–Kier alpha value is -0.960. The summed E-state index contributed by atoms with van der Waals surface area (Å²) in [5.74, 6) is 0. The Kier molecular flexibility index (Phi) is 6.33. The minimum Gasteiger partial charge on any atom is -0.394 e. The molecule has 1 aromatic heterocycles. The molecule has 21 heavy (non-hydrogen) atoms. The maximum Gasteiger partial charge on any atom is 0.246 e. The number of nitrogens with zero attached hydrogens (tertiary/aromatic N) is 3. The van der Waals surface area contributed by atoms with Crippen molar-refractivity contribution in [2.75, 3.05) is 26.8 Å². The highest BCUT2D eigenvalue weighted by atomic mass is 32.2. The summed E-state index contributed by atoms with van der Waals surface area (Å²) in [7, 11) is -2.08. The van der Waals surface area contributed by atoms with Crippen molar-refractivity contribution in [1.29, 1.82) is 0 Å². The highest BCUT2D eigenvalue weighted by Crippen LogP contribution is 2.22. The van der Waals surface area contributed by atoms with E-state index in [0.717, 1.165) is 0 Å². The van der Waals surface area contributed by atoms with Crippen LogP contribution in [0, 0.1) is 13.8 Å². The molecule has 0 saturated heterocycles. The van der Waals surface area contributed by atoms with Gasteiger partial charge in [0, 0.05) is 13.6 Å². The van der Waals surface area contributed by atoms with Gasteiger partial charge in [0.2, 0.25) is 10.0 Å². The lowest BCUT2D eigenvalue weighted by Crippen LogP contribution is -2.31. The van der Waals surface area contributed by atoms with Gasteiger partial charge in [-0.25, -0.2) is 8.42 Å². The average Bonchev–Trinajstić information content (AvgIpc) is 2.64. The maximum absolute atomic E-state index is 12.6. The molecular formula is C13H25N3O4S. The summed E-state index contributed by atoms with van der Waals surface area (Å²) in [5.41, 5.74) is 0.982. The van der Waals surface area contributed by atoms with E-state index < -0.39 is 10.0 Å². The van der Waals surface area contributed by atoms with Crippen LogP contribution in [0.4, 0.5) is 0 Å². The Bertz CT molecular complexity index is 566. The SMILES string of the molecule is Cc1nn(CCO)c(C)c1S(=O)(=O)N(C)CCOC(C)C. The lowest BCUT2D eigenvalue weighted by atomic mass is 10.4. The second-order valence-corrected chi connectivity index (χ2v) is 7.17. The summed E-state index contributed by atoms with van der Waals surface area (Å²) < 4.78 is 33.4. The van der Waals surface area contributed by atoms with Gasteiger partial charge in [-0.15, -0.1) is 0 Å². The van der Waals surface area contributed by atoms with Gasteiger partial charge in [0.1, 0.15) is 4.90 Å². The van der Waals surface area contributed by atoms with Crippen LogP contribution in [0.5, 0.6) is 0 Å². The largest absolute Gasteiger partial charge is 0.394 e. The Labute approximate surface area is 126 Å². The zero-order valence-electron chi connectivity index (χ0n) is 13.3. The van der Waals surface area contributed by atoms with Gasteiger partial charge in [0.25, 0.3) is 0 Å². The molecule has 122 valence electrons. The van der Waals surface area contributed by atoms with E-state index in [1.807, 2.05) is 13.8 Å². The fraction of sp³-hybridized carbons (Fsp3) is 0.769. The van der Waals surface area contributed by atoms with Gasteiger partial charge in [-0.2, -0.15) is 9.40 Å². The number of likely N-dealkylation sites (N-methyl/N-ethyl adjacent to an activating group) is 1.